The zero-order valence-electron chi connectivity index (χ0n) is 39.7. The lowest BCUT2D eigenvalue weighted by Gasteiger charge is -2.24. The van der Waals surface area contributed by atoms with E-state index < -0.39 is 13.9 Å². The zero-order chi connectivity index (χ0) is 44.1. The van der Waals surface area contributed by atoms with E-state index in [0.717, 1.165) is 64.2 Å². The molecule has 350 valence electrons. The molecule has 0 aromatic carbocycles. The Morgan fingerprint density at radius 1 is 0.533 bits per heavy atom. The minimum Gasteiger partial charge on any atom is -0.457 e. The van der Waals surface area contributed by atoms with Gasteiger partial charge in [-0.25, -0.2) is 4.57 Å². The Morgan fingerprint density at radius 2 is 0.967 bits per heavy atom. The van der Waals surface area contributed by atoms with Crippen LogP contribution in [0, 0.1) is 0 Å². The number of nitrogens with zero attached hydrogens (tertiary/aromatic N) is 1. The van der Waals surface area contributed by atoms with Crippen LogP contribution in [0.1, 0.15) is 200 Å². The number of unbranched alkanes of at least 4 members (excludes halogenated alkanes) is 21. The van der Waals surface area contributed by atoms with Gasteiger partial charge in [-0.1, -0.05) is 197 Å². The molecule has 0 rings (SSSR count). The molecule has 0 fully saturated rings. The molecule has 0 saturated carbocycles. The van der Waals surface area contributed by atoms with Gasteiger partial charge in [0.15, 0.2) is 0 Å². The summed E-state index contributed by atoms with van der Waals surface area (Å²) in [6.45, 7) is 5.50. The molecule has 0 aliphatic rings. The second-order valence-corrected chi connectivity index (χ2v) is 18.9. The van der Waals surface area contributed by atoms with E-state index in [4.69, 9.17) is 18.5 Å². The topological polar surface area (TPSA) is 91.3 Å². The average Bonchev–Trinajstić information content (AvgIpc) is 3.20. The van der Waals surface area contributed by atoms with Gasteiger partial charge in [0.25, 0.3) is 0 Å². The van der Waals surface area contributed by atoms with Crippen LogP contribution >= 0.6 is 7.82 Å². The van der Waals surface area contributed by atoms with E-state index in [-0.39, 0.29) is 25.8 Å². The van der Waals surface area contributed by atoms with Crippen molar-refractivity contribution in [3.8, 4) is 0 Å². The predicted octanol–water partition coefficient (Wildman–Crippen LogP) is 14.9. The second-order valence-electron chi connectivity index (χ2n) is 17.5. The summed E-state index contributed by atoms with van der Waals surface area (Å²) in [5.74, 6) is -0.316. The van der Waals surface area contributed by atoms with Crippen LogP contribution in [0.15, 0.2) is 60.8 Å². The van der Waals surface area contributed by atoms with Crippen LogP contribution in [0.25, 0.3) is 0 Å². The summed E-state index contributed by atoms with van der Waals surface area (Å²) < 4.78 is 35.1. The number of esters is 1. The molecular formula is C51H95NO7P+. The van der Waals surface area contributed by atoms with Crippen LogP contribution < -0.4 is 0 Å². The first-order valence-corrected chi connectivity index (χ1v) is 26.0. The van der Waals surface area contributed by atoms with Gasteiger partial charge in [0.2, 0.25) is 0 Å². The smallest absolute Gasteiger partial charge is 0.457 e. The Hall–Kier alpha value is -1.80. The summed E-state index contributed by atoms with van der Waals surface area (Å²) in [7, 11) is 1.66. The third kappa shape index (κ3) is 47.3. The number of carbonyl (C=O) groups is 1. The highest BCUT2D eigenvalue weighted by Gasteiger charge is 2.26. The highest BCUT2D eigenvalue weighted by molar-refractivity contribution is 7.47. The van der Waals surface area contributed by atoms with E-state index in [0.29, 0.717) is 24.1 Å². The average molecular weight is 865 g/mol. The molecule has 0 amide bonds. The van der Waals surface area contributed by atoms with Crippen molar-refractivity contribution in [2.75, 3.05) is 54.1 Å². The normalized spacial score (nSPS) is 14.2. The highest BCUT2D eigenvalue weighted by atomic mass is 31.2. The van der Waals surface area contributed by atoms with Gasteiger partial charge < -0.3 is 18.9 Å². The van der Waals surface area contributed by atoms with Crippen molar-refractivity contribution in [1.29, 1.82) is 0 Å². The molecule has 0 aromatic rings. The number of hydrogen-bond donors (Lipinski definition) is 1. The number of hydrogen-bond acceptors (Lipinski definition) is 6. The van der Waals surface area contributed by atoms with Crippen LogP contribution in [0.4, 0.5) is 0 Å². The molecule has 9 heteroatoms. The van der Waals surface area contributed by atoms with E-state index in [1.54, 1.807) is 0 Å². The molecule has 0 saturated heterocycles. The molecule has 8 nitrogen and oxygen atoms in total. The number of ether oxygens (including phenoxy) is 2. The third-order valence-electron chi connectivity index (χ3n) is 10.3. The highest BCUT2D eigenvalue weighted by Crippen LogP contribution is 2.43. The molecule has 2 atom stereocenters. The fourth-order valence-electron chi connectivity index (χ4n) is 6.58. The lowest BCUT2D eigenvalue weighted by Crippen LogP contribution is -2.37. The SMILES string of the molecule is CC/C=C\C/C=C\C/C=C\C/C=C\C/C=C\CCCCCCCCCCCCOCC(COP(=O)(O)OCC[N+](C)(C)C)OC(=O)CCCCCCCCCCCCCC. The maximum Gasteiger partial charge on any atom is 0.472 e. The number of quaternary nitrogens is 1. The zero-order valence-corrected chi connectivity index (χ0v) is 40.6. The fourth-order valence-corrected chi connectivity index (χ4v) is 7.32. The number of likely N-dealkylation sites (N-methyl/N-ethyl adjacent to an activating group) is 1. The summed E-state index contributed by atoms with van der Waals surface area (Å²) in [6.07, 6.45) is 55.5. The van der Waals surface area contributed by atoms with Crippen molar-refractivity contribution >= 4 is 13.8 Å². The molecule has 0 heterocycles. The van der Waals surface area contributed by atoms with E-state index in [2.05, 4.69) is 74.6 Å². The van der Waals surface area contributed by atoms with Crippen LogP contribution in [0.5, 0.6) is 0 Å². The first-order chi connectivity index (χ1) is 29.1. The molecule has 1 N–H and O–H groups in total. The van der Waals surface area contributed by atoms with Gasteiger partial charge >= 0.3 is 13.8 Å². The van der Waals surface area contributed by atoms with Crippen LogP contribution in [0.3, 0.4) is 0 Å². The minimum absolute atomic E-state index is 0.0869. The largest absolute Gasteiger partial charge is 0.472 e. The van der Waals surface area contributed by atoms with Gasteiger partial charge in [-0.3, -0.25) is 13.8 Å². The molecule has 0 aliphatic heterocycles. The van der Waals surface area contributed by atoms with Crippen molar-refractivity contribution < 1.29 is 37.3 Å². The lowest BCUT2D eigenvalue weighted by atomic mass is 10.0. The second kappa shape index (κ2) is 43.8. The molecule has 0 aromatic heterocycles. The minimum atomic E-state index is -4.28. The summed E-state index contributed by atoms with van der Waals surface area (Å²) >= 11 is 0. The summed E-state index contributed by atoms with van der Waals surface area (Å²) in [5.41, 5.74) is 0. The van der Waals surface area contributed by atoms with Crippen molar-refractivity contribution in [2.45, 2.75) is 206 Å². The summed E-state index contributed by atoms with van der Waals surface area (Å²) in [6, 6.07) is 0. The van der Waals surface area contributed by atoms with Crippen molar-refractivity contribution in [3.05, 3.63) is 60.8 Å². The van der Waals surface area contributed by atoms with E-state index >= 15 is 0 Å². The van der Waals surface area contributed by atoms with Gasteiger partial charge in [-0.15, -0.1) is 0 Å². The molecular weight excluding hydrogens is 770 g/mol. The molecule has 0 spiro atoms. The molecule has 0 bridgehead atoms. The van der Waals surface area contributed by atoms with Crippen molar-refractivity contribution in [1.82, 2.24) is 0 Å². The van der Waals surface area contributed by atoms with Gasteiger partial charge in [0.1, 0.15) is 19.3 Å². The third-order valence-corrected chi connectivity index (χ3v) is 11.3. The Morgan fingerprint density at radius 3 is 1.45 bits per heavy atom. The Labute approximate surface area is 370 Å². The quantitative estimate of drug-likeness (QED) is 0.0214. The van der Waals surface area contributed by atoms with Crippen molar-refractivity contribution in [3.63, 3.8) is 0 Å². The number of phosphoric acid groups is 1. The first-order valence-electron chi connectivity index (χ1n) is 24.5. The van der Waals surface area contributed by atoms with E-state index in [1.807, 2.05) is 21.1 Å². The molecule has 2 unspecified atom stereocenters. The van der Waals surface area contributed by atoms with Crippen LogP contribution in [0.2, 0.25) is 0 Å². The van der Waals surface area contributed by atoms with Gasteiger partial charge in [0.05, 0.1) is 34.4 Å². The number of phosphoric ester groups is 1. The summed E-state index contributed by atoms with van der Waals surface area (Å²) in [5, 5.41) is 0. The predicted molar refractivity (Wildman–Crippen MR) is 256 cm³/mol. The van der Waals surface area contributed by atoms with Gasteiger partial charge in [0, 0.05) is 13.0 Å². The van der Waals surface area contributed by atoms with Gasteiger partial charge in [-0.2, -0.15) is 0 Å². The fraction of sp³-hybridized carbons (Fsp3) is 0.784. The van der Waals surface area contributed by atoms with Crippen LogP contribution in [-0.4, -0.2) is 75.6 Å². The van der Waals surface area contributed by atoms with Crippen LogP contribution in [-0.2, 0) is 27.9 Å². The first kappa shape index (κ1) is 58.2. The Bertz CT molecular complexity index is 1140. The van der Waals surface area contributed by atoms with Crippen molar-refractivity contribution in [2.24, 2.45) is 0 Å². The number of carbonyl (C=O) groups excluding carboxylic acids is 1. The number of rotatable bonds is 45. The Kier molecular flexibility index (Phi) is 42.5. The van der Waals surface area contributed by atoms with E-state index in [9.17, 15) is 14.3 Å². The molecule has 0 radical (unpaired) electrons. The lowest BCUT2D eigenvalue weighted by molar-refractivity contribution is -0.870. The maximum atomic E-state index is 12.7. The molecule has 60 heavy (non-hydrogen) atoms. The molecule has 0 aliphatic carbocycles. The number of allylic oxidation sites excluding steroid dienone is 10. The monoisotopic (exact) mass is 865 g/mol. The standard InChI is InChI=1S/C51H94NO7P/c1-6-8-10-12-14-16-18-20-21-22-23-24-25-26-27-28-29-30-31-32-33-35-37-39-41-43-46-56-48-50(49-58-60(54,55)57-47-45-52(3,4)5)59-51(53)44-42-40-38-36-34-19-17-15-13-11-9-7-2/h8,10,14,16,20-21,23-24,26-27,50H,6-7,9,11-13,15,17-19,22,25,28-49H2,1-5H3/p+1/b10-8-,16-14-,21-20-,24-23-,27-26-. The summed E-state index contributed by atoms with van der Waals surface area (Å²) in [4.78, 5) is 22.9. The Balaban J connectivity index is 4.09. The van der Waals surface area contributed by atoms with Gasteiger partial charge in [-0.05, 0) is 57.8 Å². The van der Waals surface area contributed by atoms with E-state index in [1.165, 1.54) is 116 Å². The maximum absolute atomic E-state index is 12.7.